The van der Waals surface area contributed by atoms with Gasteiger partial charge in [-0.1, -0.05) is 11.6 Å². The lowest BCUT2D eigenvalue weighted by molar-refractivity contribution is -0.168. The number of carbonyl (C=O) groups is 1. The monoisotopic (exact) mass is 194 g/mol. The molecule has 0 aromatic carbocycles. The average Bonchev–Trinajstić information content (AvgIpc) is 2.80. The lowest BCUT2D eigenvalue weighted by Crippen LogP contribution is -2.26. The molecule has 4 atom stereocenters. The predicted octanol–water partition coefficient (Wildman–Crippen LogP) is 1.49. The smallest absolute Gasteiger partial charge is 0.315 e. The lowest BCUT2D eigenvalue weighted by atomic mass is 9.85. The van der Waals surface area contributed by atoms with Crippen LogP contribution in [0.3, 0.4) is 0 Å². The van der Waals surface area contributed by atoms with Crippen LogP contribution in [0.4, 0.5) is 0 Å². The fourth-order valence-electron chi connectivity index (χ4n) is 3.10. The van der Waals surface area contributed by atoms with Gasteiger partial charge in [0, 0.05) is 12.5 Å². The van der Waals surface area contributed by atoms with E-state index in [2.05, 4.69) is 6.08 Å². The van der Waals surface area contributed by atoms with Crippen molar-refractivity contribution in [2.75, 3.05) is 6.61 Å². The topological polar surface area (TPSA) is 35.5 Å². The number of hydrogen-bond donors (Lipinski definition) is 0. The Morgan fingerprint density at radius 3 is 3.29 bits per heavy atom. The van der Waals surface area contributed by atoms with E-state index in [4.69, 9.17) is 9.47 Å². The van der Waals surface area contributed by atoms with Gasteiger partial charge in [-0.2, -0.15) is 0 Å². The van der Waals surface area contributed by atoms with E-state index in [1.807, 2.05) is 6.92 Å². The lowest BCUT2D eigenvalue weighted by Gasteiger charge is -2.21. The zero-order valence-corrected chi connectivity index (χ0v) is 8.23. The molecule has 1 saturated heterocycles. The number of cyclic esters (lactones) is 1. The van der Waals surface area contributed by atoms with Crippen LogP contribution in [0.15, 0.2) is 11.6 Å². The highest BCUT2D eigenvalue weighted by Crippen LogP contribution is 2.54. The molecule has 0 spiro atoms. The summed E-state index contributed by atoms with van der Waals surface area (Å²) in [5.74, 6) is 0.868. The van der Waals surface area contributed by atoms with Crippen molar-refractivity contribution in [1.29, 1.82) is 0 Å². The summed E-state index contributed by atoms with van der Waals surface area (Å²) in [5, 5.41) is 0. The van der Waals surface area contributed by atoms with E-state index in [0.717, 1.165) is 12.8 Å². The summed E-state index contributed by atoms with van der Waals surface area (Å²) in [7, 11) is 0. The van der Waals surface area contributed by atoms with Crippen molar-refractivity contribution < 1.29 is 14.3 Å². The number of hydrogen-bond acceptors (Lipinski definition) is 3. The minimum absolute atomic E-state index is 0.0327. The van der Waals surface area contributed by atoms with Crippen LogP contribution in [-0.4, -0.2) is 18.9 Å². The SMILES string of the molecule is CCOC1OC(=O)C2C3=CCC(C3)C12. The third-order valence-electron chi connectivity index (χ3n) is 3.64. The molecular formula is C11H14O3. The summed E-state index contributed by atoms with van der Waals surface area (Å²) >= 11 is 0. The molecule has 3 rings (SSSR count). The van der Waals surface area contributed by atoms with Gasteiger partial charge >= 0.3 is 5.97 Å². The highest BCUT2D eigenvalue weighted by atomic mass is 16.7. The van der Waals surface area contributed by atoms with Crippen molar-refractivity contribution in [3.63, 3.8) is 0 Å². The van der Waals surface area contributed by atoms with E-state index in [0.29, 0.717) is 18.4 Å². The Kier molecular flexibility index (Phi) is 1.71. The molecule has 76 valence electrons. The molecule has 2 fully saturated rings. The van der Waals surface area contributed by atoms with Crippen molar-refractivity contribution in [3.8, 4) is 0 Å². The first-order chi connectivity index (χ1) is 6.81. The molecule has 3 nitrogen and oxygen atoms in total. The fourth-order valence-corrected chi connectivity index (χ4v) is 3.10. The van der Waals surface area contributed by atoms with Gasteiger partial charge in [-0.15, -0.1) is 0 Å². The molecule has 1 aliphatic heterocycles. The molecule has 0 N–H and O–H groups in total. The third kappa shape index (κ3) is 0.934. The second-order valence-corrected chi connectivity index (χ2v) is 4.29. The van der Waals surface area contributed by atoms with Crippen molar-refractivity contribution in [3.05, 3.63) is 11.6 Å². The first kappa shape index (κ1) is 8.48. The van der Waals surface area contributed by atoms with Crippen LogP contribution in [0, 0.1) is 17.8 Å². The molecule has 1 heterocycles. The molecule has 1 saturated carbocycles. The van der Waals surface area contributed by atoms with Crippen LogP contribution < -0.4 is 0 Å². The van der Waals surface area contributed by atoms with Crippen LogP contribution in [0.5, 0.6) is 0 Å². The molecule has 4 unspecified atom stereocenters. The third-order valence-corrected chi connectivity index (χ3v) is 3.64. The van der Waals surface area contributed by atoms with Crippen LogP contribution in [-0.2, 0) is 14.3 Å². The molecule has 14 heavy (non-hydrogen) atoms. The van der Waals surface area contributed by atoms with Crippen molar-refractivity contribution >= 4 is 5.97 Å². The quantitative estimate of drug-likeness (QED) is 0.493. The Morgan fingerprint density at radius 1 is 1.64 bits per heavy atom. The second-order valence-electron chi connectivity index (χ2n) is 4.29. The van der Waals surface area contributed by atoms with Gasteiger partial charge in [-0.05, 0) is 25.7 Å². The minimum atomic E-state index is -0.270. The predicted molar refractivity (Wildman–Crippen MR) is 49.3 cm³/mol. The summed E-state index contributed by atoms with van der Waals surface area (Å²) in [4.78, 5) is 11.6. The number of allylic oxidation sites excluding steroid dienone is 1. The molecule has 3 heteroatoms. The van der Waals surface area contributed by atoms with Crippen molar-refractivity contribution in [2.45, 2.75) is 26.1 Å². The Hall–Kier alpha value is -0.830. The molecule has 0 amide bonds. The molecule has 0 radical (unpaired) electrons. The normalized spacial score (nSPS) is 43.8. The first-order valence-electron chi connectivity index (χ1n) is 5.32. The average molecular weight is 194 g/mol. The van der Waals surface area contributed by atoms with Gasteiger partial charge < -0.3 is 9.47 Å². The molecule has 2 aliphatic carbocycles. The van der Waals surface area contributed by atoms with Gasteiger partial charge in [-0.3, -0.25) is 4.79 Å². The van der Waals surface area contributed by atoms with Crippen molar-refractivity contribution in [2.24, 2.45) is 17.8 Å². The Morgan fingerprint density at radius 2 is 2.50 bits per heavy atom. The zero-order chi connectivity index (χ0) is 9.71. The Balaban J connectivity index is 1.89. The van der Waals surface area contributed by atoms with E-state index in [-0.39, 0.29) is 18.2 Å². The van der Waals surface area contributed by atoms with Gasteiger partial charge in [0.2, 0.25) is 6.29 Å². The van der Waals surface area contributed by atoms with E-state index < -0.39 is 0 Å². The maximum absolute atomic E-state index is 11.6. The van der Waals surface area contributed by atoms with Gasteiger partial charge in [0.25, 0.3) is 0 Å². The van der Waals surface area contributed by atoms with Gasteiger partial charge in [0.15, 0.2) is 0 Å². The summed E-state index contributed by atoms with van der Waals surface area (Å²) in [6, 6.07) is 0. The summed E-state index contributed by atoms with van der Waals surface area (Å²) in [5.41, 5.74) is 1.30. The van der Waals surface area contributed by atoms with Crippen LogP contribution in [0.2, 0.25) is 0 Å². The van der Waals surface area contributed by atoms with Crippen molar-refractivity contribution in [1.82, 2.24) is 0 Å². The molecule has 0 aromatic heterocycles. The van der Waals surface area contributed by atoms with Gasteiger partial charge in [0.1, 0.15) is 0 Å². The molecule has 2 bridgehead atoms. The zero-order valence-electron chi connectivity index (χ0n) is 8.23. The number of carbonyl (C=O) groups excluding carboxylic acids is 1. The summed E-state index contributed by atoms with van der Waals surface area (Å²) in [6.07, 6.45) is 4.14. The van der Waals surface area contributed by atoms with Crippen LogP contribution in [0.1, 0.15) is 19.8 Å². The number of esters is 1. The standard InChI is InChI=1S/C11H14O3/c1-2-13-11-9-7-4-3-6(5-7)8(9)10(12)14-11/h3,7-9,11H,2,4-5H2,1H3. The van der Waals surface area contributed by atoms with E-state index >= 15 is 0 Å². The van der Waals surface area contributed by atoms with E-state index in [1.54, 1.807) is 0 Å². The van der Waals surface area contributed by atoms with Gasteiger partial charge in [-0.25, -0.2) is 0 Å². The van der Waals surface area contributed by atoms with Gasteiger partial charge in [0.05, 0.1) is 5.92 Å². The summed E-state index contributed by atoms with van der Waals surface area (Å²) in [6.45, 7) is 2.56. The fraction of sp³-hybridized carbons (Fsp3) is 0.727. The van der Waals surface area contributed by atoms with Crippen LogP contribution in [0.25, 0.3) is 0 Å². The number of fused-ring (bicyclic) bond motifs is 5. The largest absolute Gasteiger partial charge is 0.435 e. The van der Waals surface area contributed by atoms with E-state index in [1.165, 1.54) is 5.57 Å². The molecule has 0 aromatic rings. The minimum Gasteiger partial charge on any atom is -0.435 e. The maximum atomic E-state index is 11.6. The highest BCUT2D eigenvalue weighted by molar-refractivity contribution is 5.79. The highest BCUT2D eigenvalue weighted by Gasteiger charge is 2.56. The maximum Gasteiger partial charge on any atom is 0.315 e. The van der Waals surface area contributed by atoms with Crippen LogP contribution >= 0.6 is 0 Å². The number of rotatable bonds is 2. The number of ether oxygens (including phenoxy) is 2. The Labute approximate surface area is 83.1 Å². The first-order valence-corrected chi connectivity index (χ1v) is 5.32. The Bertz CT molecular complexity index is 308. The summed E-state index contributed by atoms with van der Waals surface area (Å²) < 4.78 is 10.7. The molecule has 3 aliphatic rings. The van der Waals surface area contributed by atoms with E-state index in [9.17, 15) is 4.79 Å². The molecular weight excluding hydrogens is 180 g/mol. The second kappa shape index (κ2) is 2.83.